The maximum absolute atomic E-state index is 5.21. The lowest BCUT2D eigenvalue weighted by atomic mass is 9.71. The van der Waals surface area contributed by atoms with Crippen LogP contribution in [0.4, 0.5) is 0 Å². The van der Waals surface area contributed by atoms with Gasteiger partial charge in [-0.25, -0.2) is 0 Å². The number of thiocarbonyl (C=S) groups is 1. The summed E-state index contributed by atoms with van der Waals surface area (Å²) in [5.41, 5.74) is 0.465. The molecule has 1 rings (SSSR count). The predicted octanol–water partition coefficient (Wildman–Crippen LogP) is 3.08. The summed E-state index contributed by atoms with van der Waals surface area (Å²) in [6.07, 6.45) is 5.17. The second-order valence-corrected chi connectivity index (χ2v) is 6.33. The third-order valence-corrected chi connectivity index (χ3v) is 3.89. The zero-order valence-corrected chi connectivity index (χ0v) is 11.9. The molecule has 0 aromatic carbocycles. The number of hydrogen-bond donors (Lipinski definition) is 2. The molecule has 94 valence electrons. The van der Waals surface area contributed by atoms with E-state index >= 15 is 0 Å². The molecule has 0 heterocycles. The van der Waals surface area contributed by atoms with Crippen LogP contribution in [0.1, 0.15) is 53.4 Å². The van der Waals surface area contributed by atoms with Crippen LogP contribution < -0.4 is 10.6 Å². The Morgan fingerprint density at radius 1 is 1.19 bits per heavy atom. The number of rotatable bonds is 2. The molecule has 0 aromatic heterocycles. The molecular formula is C13H26N2S. The van der Waals surface area contributed by atoms with Gasteiger partial charge in [0.2, 0.25) is 0 Å². The molecule has 3 heteroatoms. The molecular weight excluding hydrogens is 216 g/mol. The lowest BCUT2D eigenvalue weighted by Crippen LogP contribution is -2.44. The van der Waals surface area contributed by atoms with E-state index in [9.17, 15) is 0 Å². The Hall–Kier alpha value is -0.310. The molecule has 0 radical (unpaired) electrons. The van der Waals surface area contributed by atoms with E-state index in [1.54, 1.807) is 0 Å². The molecule has 2 nitrogen and oxygen atoms in total. The summed E-state index contributed by atoms with van der Waals surface area (Å²) in [6.45, 7) is 10.0. The van der Waals surface area contributed by atoms with Gasteiger partial charge in [-0.3, -0.25) is 0 Å². The second-order valence-electron chi connectivity index (χ2n) is 5.92. The predicted molar refractivity (Wildman–Crippen MR) is 74.6 cm³/mol. The summed E-state index contributed by atoms with van der Waals surface area (Å²) in [7, 11) is 0. The van der Waals surface area contributed by atoms with Crippen molar-refractivity contribution in [3.63, 3.8) is 0 Å². The van der Waals surface area contributed by atoms with Crippen molar-refractivity contribution < 1.29 is 0 Å². The van der Waals surface area contributed by atoms with Crippen molar-refractivity contribution >= 4 is 17.3 Å². The summed E-state index contributed by atoms with van der Waals surface area (Å²) >= 11 is 5.21. The van der Waals surface area contributed by atoms with Gasteiger partial charge in [-0.05, 0) is 56.2 Å². The minimum absolute atomic E-state index is 0.465. The summed E-state index contributed by atoms with van der Waals surface area (Å²) in [5.74, 6) is 0.873. The van der Waals surface area contributed by atoms with Crippen molar-refractivity contribution in [2.24, 2.45) is 11.3 Å². The fourth-order valence-corrected chi connectivity index (χ4v) is 2.81. The van der Waals surface area contributed by atoms with E-state index in [2.05, 4.69) is 38.3 Å². The highest BCUT2D eigenvalue weighted by atomic mass is 32.1. The Bertz CT molecular complexity index is 225. The molecule has 0 aliphatic heterocycles. The molecule has 1 saturated carbocycles. The third kappa shape index (κ3) is 4.28. The number of nitrogens with one attached hydrogen (secondary N) is 2. The second kappa shape index (κ2) is 5.85. The third-order valence-electron chi connectivity index (χ3n) is 3.62. The van der Waals surface area contributed by atoms with E-state index in [0.717, 1.165) is 17.6 Å². The molecule has 0 unspecified atom stereocenters. The average molecular weight is 242 g/mol. The molecule has 0 spiro atoms. The Labute approximate surface area is 106 Å². The largest absolute Gasteiger partial charge is 0.363 e. The van der Waals surface area contributed by atoms with Gasteiger partial charge in [0.05, 0.1) is 0 Å². The van der Waals surface area contributed by atoms with Crippen LogP contribution in [0.15, 0.2) is 0 Å². The summed E-state index contributed by atoms with van der Waals surface area (Å²) in [6, 6.07) is 0.588. The zero-order chi connectivity index (χ0) is 12.2. The normalized spacial score (nSPS) is 26.2. The van der Waals surface area contributed by atoms with Gasteiger partial charge >= 0.3 is 0 Å². The highest BCUT2D eigenvalue weighted by molar-refractivity contribution is 7.80. The van der Waals surface area contributed by atoms with Crippen molar-refractivity contribution in [3.8, 4) is 0 Å². The zero-order valence-electron chi connectivity index (χ0n) is 11.1. The first-order chi connectivity index (χ1) is 7.43. The van der Waals surface area contributed by atoms with E-state index in [1.165, 1.54) is 25.7 Å². The first-order valence-corrected chi connectivity index (χ1v) is 6.88. The van der Waals surface area contributed by atoms with Gasteiger partial charge in [0.1, 0.15) is 0 Å². The van der Waals surface area contributed by atoms with Crippen LogP contribution in [-0.2, 0) is 0 Å². The highest BCUT2D eigenvalue weighted by Gasteiger charge is 2.29. The fourth-order valence-electron chi connectivity index (χ4n) is 2.50. The monoisotopic (exact) mass is 242 g/mol. The molecule has 0 aromatic rings. The van der Waals surface area contributed by atoms with Gasteiger partial charge in [-0.1, -0.05) is 20.8 Å². The molecule has 2 N–H and O–H groups in total. The van der Waals surface area contributed by atoms with Crippen LogP contribution in [0.2, 0.25) is 0 Å². The Morgan fingerprint density at radius 3 is 2.19 bits per heavy atom. The maximum atomic E-state index is 5.21. The lowest BCUT2D eigenvalue weighted by molar-refractivity contribution is 0.165. The smallest absolute Gasteiger partial charge is 0.166 e. The molecule has 0 saturated heterocycles. The molecule has 0 amide bonds. The lowest BCUT2D eigenvalue weighted by Gasteiger charge is -2.37. The maximum Gasteiger partial charge on any atom is 0.166 e. The van der Waals surface area contributed by atoms with Gasteiger partial charge in [0.25, 0.3) is 0 Å². The van der Waals surface area contributed by atoms with Gasteiger partial charge in [0, 0.05) is 12.6 Å². The summed E-state index contributed by atoms with van der Waals surface area (Å²) in [4.78, 5) is 0. The summed E-state index contributed by atoms with van der Waals surface area (Å²) in [5, 5.41) is 7.39. The van der Waals surface area contributed by atoms with Crippen molar-refractivity contribution in [2.75, 3.05) is 6.54 Å². The van der Waals surface area contributed by atoms with Crippen LogP contribution in [-0.4, -0.2) is 17.7 Å². The fraction of sp³-hybridized carbons (Fsp3) is 0.923. The van der Waals surface area contributed by atoms with E-state index in [1.807, 2.05) is 0 Å². The molecule has 1 fully saturated rings. The molecule has 16 heavy (non-hydrogen) atoms. The molecule has 1 aliphatic rings. The molecule has 0 atom stereocenters. The molecule has 0 bridgehead atoms. The van der Waals surface area contributed by atoms with Crippen LogP contribution in [0.25, 0.3) is 0 Å². The van der Waals surface area contributed by atoms with Crippen LogP contribution in [0.5, 0.6) is 0 Å². The quantitative estimate of drug-likeness (QED) is 0.728. The van der Waals surface area contributed by atoms with Crippen molar-refractivity contribution in [1.82, 2.24) is 10.6 Å². The van der Waals surface area contributed by atoms with Crippen LogP contribution in [0, 0.1) is 11.3 Å². The molecule has 1 aliphatic carbocycles. The first kappa shape index (κ1) is 13.8. The van der Waals surface area contributed by atoms with E-state index in [4.69, 9.17) is 12.2 Å². The van der Waals surface area contributed by atoms with Crippen LogP contribution in [0.3, 0.4) is 0 Å². The van der Waals surface area contributed by atoms with Crippen molar-refractivity contribution in [2.45, 2.75) is 59.4 Å². The van der Waals surface area contributed by atoms with Gasteiger partial charge in [-0.2, -0.15) is 0 Å². The standard InChI is InChI=1S/C13H26N2S/c1-5-14-12(16)15-11-8-6-10(7-9-11)13(2,3)4/h10-11H,5-9H2,1-4H3,(H2,14,15,16). The van der Waals surface area contributed by atoms with Crippen molar-refractivity contribution in [3.05, 3.63) is 0 Å². The summed E-state index contributed by atoms with van der Waals surface area (Å²) < 4.78 is 0. The SMILES string of the molecule is CCNC(=S)NC1CCC(C(C)(C)C)CC1. The van der Waals surface area contributed by atoms with Gasteiger partial charge in [-0.15, -0.1) is 0 Å². The van der Waals surface area contributed by atoms with E-state index < -0.39 is 0 Å². The van der Waals surface area contributed by atoms with E-state index in [-0.39, 0.29) is 0 Å². The van der Waals surface area contributed by atoms with Crippen LogP contribution >= 0.6 is 12.2 Å². The van der Waals surface area contributed by atoms with Gasteiger partial charge in [0.15, 0.2) is 5.11 Å². The van der Waals surface area contributed by atoms with E-state index in [0.29, 0.717) is 11.5 Å². The first-order valence-electron chi connectivity index (χ1n) is 6.48. The average Bonchev–Trinajstić information content (AvgIpc) is 2.17. The Morgan fingerprint density at radius 2 is 1.75 bits per heavy atom. The minimum Gasteiger partial charge on any atom is -0.363 e. The minimum atomic E-state index is 0.465. The van der Waals surface area contributed by atoms with Crippen molar-refractivity contribution in [1.29, 1.82) is 0 Å². The number of hydrogen-bond acceptors (Lipinski definition) is 1. The highest BCUT2D eigenvalue weighted by Crippen LogP contribution is 2.37. The Kier molecular flexibility index (Phi) is 5.03. The van der Waals surface area contributed by atoms with Gasteiger partial charge < -0.3 is 10.6 Å². The Balaban J connectivity index is 2.30. The topological polar surface area (TPSA) is 24.1 Å².